The zero-order valence-electron chi connectivity index (χ0n) is 8.55. The van der Waals surface area contributed by atoms with Gasteiger partial charge in [0.15, 0.2) is 0 Å². The first-order valence-electron chi connectivity index (χ1n) is 5.20. The van der Waals surface area contributed by atoms with Gasteiger partial charge in [-0.2, -0.15) is 0 Å². The molecule has 1 heteroatoms. The minimum Gasteiger partial charge on any atom is -0.306 e. The van der Waals surface area contributed by atoms with E-state index in [0.717, 1.165) is 5.92 Å². The highest BCUT2D eigenvalue weighted by molar-refractivity contribution is 4.70. The minimum absolute atomic E-state index is 0.637. The summed E-state index contributed by atoms with van der Waals surface area (Å²) in [6.07, 6.45) is 5.52. The van der Waals surface area contributed by atoms with Gasteiger partial charge in [0, 0.05) is 0 Å². The van der Waals surface area contributed by atoms with Crippen LogP contribution in [-0.2, 0) is 0 Å². The van der Waals surface area contributed by atoms with Gasteiger partial charge in [-0.1, -0.05) is 0 Å². The lowest BCUT2D eigenvalue weighted by atomic mass is 9.91. The maximum absolute atomic E-state index is 4.07. The molecule has 2 atom stereocenters. The molecule has 1 aliphatic heterocycles. The Labute approximate surface area is 77.1 Å². The quantitative estimate of drug-likeness (QED) is 0.573. The summed E-state index contributed by atoms with van der Waals surface area (Å²) in [6.45, 7) is 8.88. The van der Waals surface area contributed by atoms with E-state index in [1.54, 1.807) is 0 Å². The van der Waals surface area contributed by atoms with E-state index in [9.17, 15) is 0 Å². The molecular formula is C11H22N+. The fraction of sp³-hybridized carbons (Fsp3) is 0.909. The van der Waals surface area contributed by atoms with Gasteiger partial charge in [0.2, 0.25) is 0 Å². The molecule has 12 heavy (non-hydrogen) atoms. The molecular weight excluding hydrogens is 146 g/mol. The van der Waals surface area contributed by atoms with Crippen molar-refractivity contribution in [1.82, 2.24) is 4.90 Å². The van der Waals surface area contributed by atoms with Gasteiger partial charge in [-0.05, 0) is 58.7 Å². The first-order chi connectivity index (χ1) is 5.68. The molecule has 1 saturated heterocycles. The molecule has 0 aromatic rings. The molecule has 0 amide bonds. The van der Waals surface area contributed by atoms with Crippen molar-refractivity contribution in [2.24, 2.45) is 11.8 Å². The third kappa shape index (κ3) is 3.48. The van der Waals surface area contributed by atoms with E-state index in [2.05, 4.69) is 25.8 Å². The van der Waals surface area contributed by atoms with Crippen LogP contribution < -0.4 is 0 Å². The monoisotopic (exact) mass is 168 g/mol. The third-order valence-corrected chi connectivity index (χ3v) is 2.81. The second-order valence-electron chi connectivity index (χ2n) is 4.44. The van der Waals surface area contributed by atoms with Gasteiger partial charge in [-0.15, -0.1) is 0 Å². The van der Waals surface area contributed by atoms with Crippen LogP contribution in [0.2, 0.25) is 0 Å². The van der Waals surface area contributed by atoms with Gasteiger partial charge in [0.1, 0.15) is 0 Å². The van der Waals surface area contributed by atoms with E-state index in [4.69, 9.17) is 0 Å². The SMILES string of the molecule is [CH2+]C(C)CC1CCCN(C)CC1. The molecule has 0 N–H and O–H groups in total. The highest BCUT2D eigenvalue weighted by Gasteiger charge is 2.17. The molecule has 0 saturated carbocycles. The standard InChI is InChI=1S/C11H22N/c1-10(2)9-11-5-4-7-12(3)8-6-11/h10-11H,1,4-9H2,2-3H3/q+1. The van der Waals surface area contributed by atoms with Gasteiger partial charge in [-0.3, -0.25) is 0 Å². The Bertz CT molecular complexity index is 120. The van der Waals surface area contributed by atoms with Crippen LogP contribution in [0.25, 0.3) is 0 Å². The maximum atomic E-state index is 4.07. The molecule has 0 spiro atoms. The predicted molar refractivity (Wildman–Crippen MR) is 54.0 cm³/mol. The van der Waals surface area contributed by atoms with Crippen LogP contribution in [0.4, 0.5) is 0 Å². The predicted octanol–water partition coefficient (Wildman–Crippen LogP) is 2.58. The Morgan fingerprint density at radius 1 is 1.42 bits per heavy atom. The minimum atomic E-state index is 0.637. The van der Waals surface area contributed by atoms with E-state index in [-0.39, 0.29) is 0 Å². The second-order valence-corrected chi connectivity index (χ2v) is 4.44. The van der Waals surface area contributed by atoms with E-state index < -0.39 is 0 Å². The van der Waals surface area contributed by atoms with Crippen LogP contribution in [-0.4, -0.2) is 25.0 Å². The van der Waals surface area contributed by atoms with Crippen molar-refractivity contribution < 1.29 is 0 Å². The number of likely N-dealkylation sites (tertiary alicyclic amines) is 1. The Balaban J connectivity index is 2.26. The van der Waals surface area contributed by atoms with Crippen molar-refractivity contribution in [3.05, 3.63) is 6.92 Å². The fourth-order valence-electron chi connectivity index (χ4n) is 2.11. The lowest BCUT2D eigenvalue weighted by Crippen LogP contribution is -2.19. The lowest BCUT2D eigenvalue weighted by Gasteiger charge is -2.14. The summed E-state index contributed by atoms with van der Waals surface area (Å²) in [5.74, 6) is 1.58. The summed E-state index contributed by atoms with van der Waals surface area (Å²) in [7, 11) is 2.23. The van der Waals surface area contributed by atoms with Crippen LogP contribution in [0.5, 0.6) is 0 Å². The van der Waals surface area contributed by atoms with Crippen molar-refractivity contribution in [2.75, 3.05) is 20.1 Å². The molecule has 1 rings (SSSR count). The average molecular weight is 168 g/mol. The molecule has 0 aromatic carbocycles. The fourth-order valence-corrected chi connectivity index (χ4v) is 2.11. The van der Waals surface area contributed by atoms with Crippen LogP contribution in [0.15, 0.2) is 0 Å². The number of hydrogen-bond donors (Lipinski definition) is 0. The summed E-state index contributed by atoms with van der Waals surface area (Å²) in [5.41, 5.74) is 0. The molecule has 2 unspecified atom stereocenters. The van der Waals surface area contributed by atoms with Crippen LogP contribution in [0.1, 0.15) is 32.6 Å². The molecule has 0 aromatic heterocycles. The molecule has 1 fully saturated rings. The van der Waals surface area contributed by atoms with Crippen molar-refractivity contribution in [3.8, 4) is 0 Å². The number of hydrogen-bond acceptors (Lipinski definition) is 1. The smallest absolute Gasteiger partial charge is 0.0927 e. The van der Waals surface area contributed by atoms with Gasteiger partial charge in [-0.25, -0.2) is 0 Å². The largest absolute Gasteiger partial charge is 0.306 e. The van der Waals surface area contributed by atoms with E-state index in [0.29, 0.717) is 5.92 Å². The van der Waals surface area contributed by atoms with Crippen LogP contribution in [0.3, 0.4) is 0 Å². The molecule has 0 bridgehead atoms. The second kappa shape index (κ2) is 4.76. The zero-order chi connectivity index (χ0) is 8.97. The van der Waals surface area contributed by atoms with E-state index >= 15 is 0 Å². The van der Waals surface area contributed by atoms with Crippen LogP contribution in [0, 0.1) is 18.8 Å². The Hall–Kier alpha value is -0.170. The van der Waals surface area contributed by atoms with Gasteiger partial charge in [0.25, 0.3) is 0 Å². The Morgan fingerprint density at radius 2 is 2.17 bits per heavy atom. The van der Waals surface area contributed by atoms with Gasteiger partial charge in [0.05, 0.1) is 12.8 Å². The highest BCUT2D eigenvalue weighted by atomic mass is 15.1. The summed E-state index contributed by atoms with van der Waals surface area (Å²) in [5, 5.41) is 0. The average Bonchev–Trinajstić information content (AvgIpc) is 2.15. The van der Waals surface area contributed by atoms with Crippen molar-refractivity contribution in [3.63, 3.8) is 0 Å². The first kappa shape index (κ1) is 9.91. The Morgan fingerprint density at radius 3 is 2.83 bits per heavy atom. The highest BCUT2D eigenvalue weighted by Crippen LogP contribution is 2.23. The molecule has 70 valence electrons. The van der Waals surface area contributed by atoms with Crippen molar-refractivity contribution in [1.29, 1.82) is 0 Å². The Kier molecular flexibility index (Phi) is 3.93. The number of rotatable bonds is 2. The first-order valence-corrected chi connectivity index (χ1v) is 5.20. The van der Waals surface area contributed by atoms with Crippen molar-refractivity contribution in [2.45, 2.75) is 32.6 Å². The molecule has 1 heterocycles. The lowest BCUT2D eigenvalue weighted by molar-refractivity contribution is 0.333. The van der Waals surface area contributed by atoms with Gasteiger partial charge < -0.3 is 4.90 Å². The maximum Gasteiger partial charge on any atom is 0.0927 e. The van der Waals surface area contributed by atoms with Crippen LogP contribution >= 0.6 is 0 Å². The molecule has 1 aliphatic rings. The van der Waals surface area contributed by atoms with Crippen molar-refractivity contribution >= 4 is 0 Å². The number of nitrogens with zero attached hydrogens (tertiary/aromatic N) is 1. The topological polar surface area (TPSA) is 3.24 Å². The van der Waals surface area contributed by atoms with E-state index in [1.807, 2.05) is 0 Å². The van der Waals surface area contributed by atoms with E-state index in [1.165, 1.54) is 38.8 Å². The normalized spacial score (nSPS) is 29.7. The third-order valence-electron chi connectivity index (χ3n) is 2.81. The zero-order valence-corrected chi connectivity index (χ0v) is 8.55. The van der Waals surface area contributed by atoms with Gasteiger partial charge >= 0.3 is 0 Å². The summed E-state index contributed by atoms with van der Waals surface area (Å²) in [6, 6.07) is 0. The summed E-state index contributed by atoms with van der Waals surface area (Å²) >= 11 is 0. The summed E-state index contributed by atoms with van der Waals surface area (Å²) < 4.78 is 0. The molecule has 0 radical (unpaired) electrons. The molecule has 1 nitrogen and oxygen atoms in total. The molecule has 0 aliphatic carbocycles. The summed E-state index contributed by atoms with van der Waals surface area (Å²) in [4.78, 5) is 2.45.